The molecule has 0 unspecified atom stereocenters. The van der Waals surface area contributed by atoms with Crippen LogP contribution in [0.3, 0.4) is 0 Å². The van der Waals surface area contributed by atoms with Crippen LogP contribution in [0.5, 0.6) is 0 Å². The van der Waals surface area contributed by atoms with Crippen molar-refractivity contribution in [3.8, 4) is 0 Å². The first kappa shape index (κ1) is 21.8. The summed E-state index contributed by atoms with van der Waals surface area (Å²) in [4.78, 5) is 38.4. The number of ketones is 1. The molecule has 148 valence electrons. The van der Waals surface area contributed by atoms with Gasteiger partial charge in [-0.25, -0.2) is 4.39 Å². The van der Waals surface area contributed by atoms with Crippen LogP contribution in [-0.2, 0) is 9.59 Å². The standard InChI is InChI=1S/C21H22BrFN2O3/c1-3-25(18-10-8-17(23)9-11-18)20(27)13-12-19(26)24-14(2)21(28)15-4-6-16(22)7-5-15/h4-11,14H,3,12-13H2,1-2H3,(H,24,26)/t14-/m1/s1. The molecule has 5 nitrogen and oxygen atoms in total. The molecule has 0 aliphatic heterocycles. The van der Waals surface area contributed by atoms with Crippen LogP contribution in [0.15, 0.2) is 53.0 Å². The summed E-state index contributed by atoms with van der Waals surface area (Å²) in [5.74, 6) is -1.19. The van der Waals surface area contributed by atoms with Crippen LogP contribution in [0.1, 0.15) is 37.0 Å². The molecule has 0 radical (unpaired) electrons. The molecular weight excluding hydrogens is 427 g/mol. The first-order valence-electron chi connectivity index (χ1n) is 8.97. The van der Waals surface area contributed by atoms with Gasteiger partial charge in [-0.15, -0.1) is 0 Å². The van der Waals surface area contributed by atoms with Gasteiger partial charge >= 0.3 is 0 Å². The van der Waals surface area contributed by atoms with Gasteiger partial charge in [0, 0.05) is 35.1 Å². The van der Waals surface area contributed by atoms with E-state index in [2.05, 4.69) is 21.2 Å². The SMILES string of the molecule is CCN(C(=O)CCC(=O)N[C@H](C)C(=O)c1ccc(Br)cc1)c1ccc(F)cc1. The normalized spacial score (nSPS) is 11.6. The van der Waals surface area contributed by atoms with Gasteiger partial charge in [0.25, 0.3) is 0 Å². The maximum absolute atomic E-state index is 13.1. The van der Waals surface area contributed by atoms with Gasteiger partial charge in [0.1, 0.15) is 5.82 Å². The zero-order chi connectivity index (χ0) is 20.7. The average Bonchev–Trinajstić information content (AvgIpc) is 2.68. The van der Waals surface area contributed by atoms with E-state index in [1.165, 1.54) is 29.2 Å². The van der Waals surface area contributed by atoms with E-state index in [9.17, 15) is 18.8 Å². The van der Waals surface area contributed by atoms with Crippen LogP contribution in [0, 0.1) is 5.82 Å². The predicted octanol–water partition coefficient (Wildman–Crippen LogP) is 4.11. The number of nitrogens with zero attached hydrogens (tertiary/aromatic N) is 1. The summed E-state index contributed by atoms with van der Waals surface area (Å²) in [6, 6.07) is 11.8. The summed E-state index contributed by atoms with van der Waals surface area (Å²) < 4.78 is 13.9. The van der Waals surface area contributed by atoms with Crippen LogP contribution in [0.25, 0.3) is 0 Å². The van der Waals surface area contributed by atoms with Crippen LogP contribution < -0.4 is 10.2 Å². The molecule has 7 heteroatoms. The smallest absolute Gasteiger partial charge is 0.227 e. The Kier molecular flexibility index (Phi) is 7.87. The van der Waals surface area contributed by atoms with Gasteiger partial charge in [0.2, 0.25) is 11.8 Å². The quantitative estimate of drug-likeness (QED) is 0.617. The fraction of sp³-hybridized carbons (Fsp3) is 0.286. The third kappa shape index (κ3) is 5.99. The van der Waals surface area contributed by atoms with E-state index in [-0.39, 0.29) is 36.3 Å². The Bertz CT molecular complexity index is 838. The van der Waals surface area contributed by atoms with Crippen molar-refractivity contribution in [2.75, 3.05) is 11.4 Å². The maximum Gasteiger partial charge on any atom is 0.227 e. The molecule has 0 heterocycles. The lowest BCUT2D eigenvalue weighted by Crippen LogP contribution is -2.39. The second kappa shape index (κ2) is 10.1. The largest absolute Gasteiger partial charge is 0.346 e. The molecule has 1 atom stereocenters. The van der Waals surface area contributed by atoms with Crippen LogP contribution in [0.2, 0.25) is 0 Å². The van der Waals surface area contributed by atoms with E-state index in [1.807, 2.05) is 0 Å². The van der Waals surface area contributed by atoms with Crippen LogP contribution in [-0.4, -0.2) is 30.2 Å². The second-order valence-corrected chi connectivity index (χ2v) is 7.19. The molecule has 0 spiro atoms. The Morgan fingerprint density at radius 2 is 1.64 bits per heavy atom. The Hall–Kier alpha value is -2.54. The Balaban J connectivity index is 1.88. The molecule has 0 aromatic heterocycles. The minimum Gasteiger partial charge on any atom is -0.346 e. The van der Waals surface area contributed by atoms with Gasteiger partial charge in [0.05, 0.1) is 6.04 Å². The monoisotopic (exact) mass is 448 g/mol. The lowest BCUT2D eigenvalue weighted by Gasteiger charge is -2.21. The molecule has 0 saturated carbocycles. The highest BCUT2D eigenvalue weighted by atomic mass is 79.9. The van der Waals surface area contributed by atoms with E-state index < -0.39 is 6.04 Å². The number of benzene rings is 2. The Morgan fingerprint density at radius 3 is 2.21 bits per heavy atom. The van der Waals surface area contributed by atoms with Crippen molar-refractivity contribution >= 4 is 39.2 Å². The molecule has 0 bridgehead atoms. The van der Waals surface area contributed by atoms with Crippen molar-refractivity contribution in [1.82, 2.24) is 5.32 Å². The first-order valence-corrected chi connectivity index (χ1v) is 9.76. The molecule has 28 heavy (non-hydrogen) atoms. The Morgan fingerprint density at radius 1 is 1.04 bits per heavy atom. The highest BCUT2D eigenvalue weighted by Crippen LogP contribution is 2.16. The fourth-order valence-corrected chi connectivity index (χ4v) is 2.99. The summed E-state index contributed by atoms with van der Waals surface area (Å²) in [6.45, 7) is 3.83. The van der Waals surface area contributed by atoms with Crippen molar-refractivity contribution < 1.29 is 18.8 Å². The number of hydrogen-bond donors (Lipinski definition) is 1. The molecule has 0 aliphatic rings. The highest BCUT2D eigenvalue weighted by Gasteiger charge is 2.19. The molecule has 0 fully saturated rings. The molecule has 0 saturated heterocycles. The van der Waals surface area contributed by atoms with E-state index >= 15 is 0 Å². The number of Topliss-reactive ketones (excluding diaryl/α,β-unsaturated/α-hetero) is 1. The molecule has 2 amide bonds. The van der Waals surface area contributed by atoms with Crippen LogP contribution in [0.4, 0.5) is 10.1 Å². The molecule has 2 rings (SSSR count). The predicted molar refractivity (Wildman–Crippen MR) is 110 cm³/mol. The summed E-state index contributed by atoms with van der Waals surface area (Å²) >= 11 is 3.31. The lowest BCUT2D eigenvalue weighted by atomic mass is 10.1. The van der Waals surface area contributed by atoms with Gasteiger partial charge in [-0.3, -0.25) is 14.4 Å². The van der Waals surface area contributed by atoms with Gasteiger partial charge in [-0.05, 0) is 50.2 Å². The van der Waals surface area contributed by atoms with Gasteiger partial charge < -0.3 is 10.2 Å². The third-order valence-corrected chi connectivity index (χ3v) is 4.75. The average molecular weight is 449 g/mol. The molecule has 1 N–H and O–H groups in total. The number of rotatable bonds is 8. The fourth-order valence-electron chi connectivity index (χ4n) is 2.72. The van der Waals surface area contributed by atoms with E-state index in [0.717, 1.165) is 4.47 Å². The molecule has 2 aromatic rings. The van der Waals surface area contributed by atoms with Gasteiger partial charge in [-0.1, -0.05) is 28.1 Å². The number of nitrogens with one attached hydrogen (secondary N) is 1. The van der Waals surface area contributed by atoms with Gasteiger partial charge in [0.15, 0.2) is 5.78 Å². The van der Waals surface area contributed by atoms with Crippen molar-refractivity contribution in [3.05, 3.63) is 64.4 Å². The van der Waals surface area contributed by atoms with Crippen molar-refractivity contribution in [2.45, 2.75) is 32.7 Å². The number of hydrogen-bond acceptors (Lipinski definition) is 3. The third-order valence-electron chi connectivity index (χ3n) is 4.22. The Labute approximate surface area is 172 Å². The first-order chi connectivity index (χ1) is 13.3. The summed E-state index contributed by atoms with van der Waals surface area (Å²) in [7, 11) is 0. The minimum absolute atomic E-state index is 0.00373. The zero-order valence-electron chi connectivity index (χ0n) is 15.7. The summed E-state index contributed by atoms with van der Waals surface area (Å²) in [5.41, 5.74) is 1.08. The second-order valence-electron chi connectivity index (χ2n) is 6.27. The zero-order valence-corrected chi connectivity index (χ0v) is 17.3. The van der Waals surface area contributed by atoms with Crippen molar-refractivity contribution in [2.24, 2.45) is 0 Å². The molecular formula is C21H22BrFN2O3. The maximum atomic E-state index is 13.1. The van der Waals surface area contributed by atoms with Crippen molar-refractivity contribution in [3.63, 3.8) is 0 Å². The van der Waals surface area contributed by atoms with E-state index in [4.69, 9.17) is 0 Å². The summed E-state index contributed by atoms with van der Waals surface area (Å²) in [5, 5.41) is 2.63. The topological polar surface area (TPSA) is 66.5 Å². The number of carbonyl (C=O) groups excluding carboxylic acids is 3. The van der Waals surface area contributed by atoms with E-state index in [0.29, 0.717) is 17.8 Å². The highest BCUT2D eigenvalue weighted by molar-refractivity contribution is 9.10. The number of carbonyl (C=O) groups is 3. The number of amides is 2. The molecule has 0 aliphatic carbocycles. The van der Waals surface area contributed by atoms with E-state index in [1.54, 1.807) is 38.1 Å². The minimum atomic E-state index is -0.692. The lowest BCUT2D eigenvalue weighted by molar-refractivity contribution is -0.125. The summed E-state index contributed by atoms with van der Waals surface area (Å²) in [6.07, 6.45) is -0.0370. The van der Waals surface area contributed by atoms with Crippen LogP contribution >= 0.6 is 15.9 Å². The van der Waals surface area contributed by atoms with Gasteiger partial charge in [-0.2, -0.15) is 0 Å². The van der Waals surface area contributed by atoms with Crippen molar-refractivity contribution in [1.29, 1.82) is 0 Å². The molecule has 2 aromatic carbocycles. The number of halogens is 2. The number of anilines is 1.